The van der Waals surface area contributed by atoms with Gasteiger partial charge in [-0.2, -0.15) is 0 Å². The normalized spacial score (nSPS) is 23.6. The van der Waals surface area contributed by atoms with Gasteiger partial charge >= 0.3 is 0 Å². The van der Waals surface area contributed by atoms with E-state index in [1.54, 1.807) is 18.7 Å². The fraction of sp³-hybridized carbons (Fsp3) is 0.526. The van der Waals surface area contributed by atoms with E-state index in [4.69, 9.17) is 0 Å². The van der Waals surface area contributed by atoms with Gasteiger partial charge in [-0.15, -0.1) is 0 Å². The highest BCUT2D eigenvalue weighted by molar-refractivity contribution is 5.79. The summed E-state index contributed by atoms with van der Waals surface area (Å²) in [5, 5.41) is 0. The molecule has 6 nitrogen and oxygen atoms in total. The highest BCUT2D eigenvalue weighted by atomic mass is 16.2. The number of nitrogens with one attached hydrogen (secondary N) is 1. The van der Waals surface area contributed by atoms with Gasteiger partial charge in [-0.3, -0.25) is 14.7 Å². The summed E-state index contributed by atoms with van der Waals surface area (Å²) in [7, 11) is 0. The second-order valence-corrected chi connectivity index (χ2v) is 7.34. The number of aromatic nitrogens is 3. The minimum atomic E-state index is 0.249. The molecule has 2 aromatic rings. The third-order valence-electron chi connectivity index (χ3n) is 5.52. The first-order chi connectivity index (χ1) is 12.2. The van der Waals surface area contributed by atoms with Crippen LogP contribution in [0.3, 0.4) is 0 Å². The maximum Gasteiger partial charge on any atom is 0.227 e. The zero-order valence-corrected chi connectivity index (χ0v) is 14.7. The van der Waals surface area contributed by atoms with Gasteiger partial charge in [0.25, 0.3) is 0 Å². The van der Waals surface area contributed by atoms with Crippen LogP contribution < -0.4 is 0 Å². The Morgan fingerprint density at radius 3 is 2.84 bits per heavy atom. The first-order valence-electron chi connectivity index (χ1n) is 9.08. The number of nitrogens with zero attached hydrogens (tertiary/aromatic N) is 4. The maximum absolute atomic E-state index is 12.9. The molecule has 0 unspecified atom stereocenters. The first-order valence-corrected chi connectivity index (χ1v) is 9.08. The summed E-state index contributed by atoms with van der Waals surface area (Å²) in [4.78, 5) is 29.1. The van der Waals surface area contributed by atoms with Crippen molar-refractivity contribution in [2.24, 2.45) is 5.92 Å². The fourth-order valence-corrected chi connectivity index (χ4v) is 4.15. The Kier molecular flexibility index (Phi) is 4.53. The summed E-state index contributed by atoms with van der Waals surface area (Å²) in [6.45, 7) is 5.84. The largest absolute Gasteiger partial charge is 0.348 e. The van der Waals surface area contributed by atoms with E-state index in [1.165, 1.54) is 6.42 Å². The molecule has 0 saturated carbocycles. The second-order valence-electron chi connectivity index (χ2n) is 7.34. The van der Waals surface area contributed by atoms with E-state index in [9.17, 15) is 4.79 Å². The Hall–Kier alpha value is -2.21. The van der Waals surface area contributed by atoms with E-state index in [0.29, 0.717) is 18.4 Å². The topological polar surface area (TPSA) is 65.1 Å². The molecule has 1 amide bonds. The number of pyridine rings is 1. The van der Waals surface area contributed by atoms with Gasteiger partial charge in [-0.25, -0.2) is 4.98 Å². The zero-order valence-electron chi connectivity index (χ0n) is 14.7. The van der Waals surface area contributed by atoms with Crippen LogP contribution >= 0.6 is 0 Å². The molecule has 2 aromatic heterocycles. The molecule has 0 radical (unpaired) electrons. The molecule has 5 rings (SSSR count). The lowest BCUT2D eigenvalue weighted by molar-refractivity contribution is -0.134. The molecular weight excluding hydrogens is 314 g/mol. The van der Waals surface area contributed by atoms with Crippen molar-refractivity contribution in [2.75, 3.05) is 19.6 Å². The van der Waals surface area contributed by atoms with Crippen molar-refractivity contribution in [1.82, 2.24) is 24.8 Å². The van der Waals surface area contributed by atoms with Crippen LogP contribution in [0.1, 0.15) is 29.8 Å². The van der Waals surface area contributed by atoms with Crippen molar-refractivity contribution in [2.45, 2.75) is 38.8 Å². The molecule has 3 fully saturated rings. The van der Waals surface area contributed by atoms with Gasteiger partial charge in [-0.05, 0) is 43.4 Å². The molecule has 132 valence electrons. The number of fused-ring (bicyclic) bond motifs is 4. The Morgan fingerprint density at radius 1 is 1.24 bits per heavy atom. The van der Waals surface area contributed by atoms with E-state index in [0.717, 1.165) is 49.6 Å². The van der Waals surface area contributed by atoms with Crippen molar-refractivity contribution in [1.29, 1.82) is 0 Å². The predicted octanol–water partition coefficient (Wildman–Crippen LogP) is 1.78. The minimum Gasteiger partial charge on any atom is -0.348 e. The molecular formula is C19H25N5O. The van der Waals surface area contributed by atoms with Crippen LogP contribution in [0.15, 0.2) is 30.9 Å². The average Bonchev–Trinajstić information content (AvgIpc) is 2.83. The fourth-order valence-electron chi connectivity index (χ4n) is 4.15. The Labute approximate surface area is 148 Å². The number of piperidine rings is 1. The van der Waals surface area contributed by atoms with Crippen molar-refractivity contribution in [3.8, 4) is 0 Å². The summed E-state index contributed by atoms with van der Waals surface area (Å²) in [5.74, 6) is 0.818. The van der Waals surface area contributed by atoms with Gasteiger partial charge in [0.15, 0.2) is 0 Å². The highest BCUT2D eigenvalue weighted by Gasteiger charge is 2.37. The molecule has 1 N–H and O–H groups in total. The van der Waals surface area contributed by atoms with E-state index < -0.39 is 0 Å². The molecule has 0 aliphatic carbocycles. The zero-order chi connectivity index (χ0) is 17.2. The lowest BCUT2D eigenvalue weighted by atomic mass is 9.94. The lowest BCUT2D eigenvalue weighted by Gasteiger charge is -2.36. The summed E-state index contributed by atoms with van der Waals surface area (Å²) in [6, 6.07) is 4.19. The number of carbonyl (C=O) groups is 1. The molecule has 2 atom stereocenters. The van der Waals surface area contributed by atoms with Crippen LogP contribution in [-0.4, -0.2) is 56.3 Å². The predicted molar refractivity (Wildman–Crippen MR) is 94.8 cm³/mol. The number of amides is 1. The van der Waals surface area contributed by atoms with Crippen molar-refractivity contribution in [3.63, 3.8) is 0 Å². The summed E-state index contributed by atoms with van der Waals surface area (Å²) in [6.07, 6.45) is 8.09. The maximum atomic E-state index is 12.9. The highest BCUT2D eigenvalue weighted by Crippen LogP contribution is 2.29. The Morgan fingerprint density at radius 2 is 2.08 bits per heavy atom. The summed E-state index contributed by atoms with van der Waals surface area (Å²) >= 11 is 0. The third kappa shape index (κ3) is 3.58. The Bertz CT molecular complexity index is 728. The first kappa shape index (κ1) is 16.3. The number of aryl methyl sites for hydroxylation is 1. The van der Waals surface area contributed by atoms with Gasteiger partial charge in [0.05, 0.1) is 18.4 Å². The Balaban J connectivity index is 1.44. The van der Waals surface area contributed by atoms with Crippen molar-refractivity contribution < 1.29 is 4.79 Å². The molecule has 3 aliphatic heterocycles. The lowest BCUT2D eigenvalue weighted by Crippen LogP contribution is -2.48. The molecule has 3 aliphatic rings. The molecule has 25 heavy (non-hydrogen) atoms. The van der Waals surface area contributed by atoms with Gasteiger partial charge < -0.3 is 9.88 Å². The van der Waals surface area contributed by atoms with Gasteiger partial charge in [0.2, 0.25) is 5.91 Å². The monoisotopic (exact) mass is 339 g/mol. The summed E-state index contributed by atoms with van der Waals surface area (Å²) in [5.41, 5.74) is 3.31. The van der Waals surface area contributed by atoms with Crippen LogP contribution in [0.5, 0.6) is 0 Å². The molecule has 2 bridgehead atoms. The third-order valence-corrected chi connectivity index (χ3v) is 5.52. The van der Waals surface area contributed by atoms with Crippen LogP contribution in [0.25, 0.3) is 0 Å². The number of imidazole rings is 1. The average molecular weight is 339 g/mol. The number of H-pyrrole nitrogens is 1. The van der Waals surface area contributed by atoms with Crippen LogP contribution in [-0.2, 0) is 17.8 Å². The van der Waals surface area contributed by atoms with Crippen LogP contribution in [0.4, 0.5) is 0 Å². The minimum absolute atomic E-state index is 0.249. The molecule has 0 spiro atoms. The van der Waals surface area contributed by atoms with E-state index in [-0.39, 0.29) is 5.91 Å². The van der Waals surface area contributed by atoms with E-state index >= 15 is 0 Å². The quantitative estimate of drug-likeness (QED) is 0.922. The second kappa shape index (κ2) is 6.96. The number of aromatic amines is 1. The van der Waals surface area contributed by atoms with Crippen molar-refractivity contribution >= 4 is 5.91 Å². The molecule has 6 heteroatoms. The number of carbonyl (C=O) groups excluding carboxylic acids is 1. The summed E-state index contributed by atoms with van der Waals surface area (Å²) < 4.78 is 0. The molecule has 0 aromatic carbocycles. The smallest absolute Gasteiger partial charge is 0.227 e. The number of rotatable bonds is 4. The van der Waals surface area contributed by atoms with E-state index in [2.05, 4.69) is 31.7 Å². The molecule has 5 heterocycles. The van der Waals surface area contributed by atoms with E-state index in [1.807, 2.05) is 12.1 Å². The van der Waals surface area contributed by atoms with Crippen molar-refractivity contribution in [3.05, 3.63) is 47.8 Å². The van der Waals surface area contributed by atoms with Crippen LogP contribution in [0.2, 0.25) is 0 Å². The van der Waals surface area contributed by atoms with Gasteiger partial charge in [-0.1, -0.05) is 0 Å². The standard InChI is InChI=1S/C19H25N5O/c1-14-18(22-13-21-14)12-23-9-16-2-3-17(11-23)24(10-16)19(25)8-15-4-6-20-7-5-15/h4-7,13,16-17H,2-3,8-12H2,1H3,(H,21,22)/t16-,17+/m1/s1. The van der Waals surface area contributed by atoms with Gasteiger partial charge in [0.1, 0.15) is 0 Å². The van der Waals surface area contributed by atoms with Gasteiger partial charge in [0, 0.05) is 50.3 Å². The number of hydrogen-bond acceptors (Lipinski definition) is 4. The number of hydrogen-bond donors (Lipinski definition) is 1. The van der Waals surface area contributed by atoms with Crippen LogP contribution in [0, 0.1) is 12.8 Å². The molecule has 3 saturated heterocycles. The SMILES string of the molecule is Cc1[nH]cnc1CN1C[C@H]2CC[C@@H](C1)N(C(=O)Cc1ccncc1)C2.